The molecule has 0 aromatic heterocycles. The fourth-order valence-corrected chi connectivity index (χ4v) is 3.77. The van der Waals surface area contributed by atoms with Crippen molar-refractivity contribution in [2.24, 2.45) is 5.73 Å². The molecule has 0 bridgehead atoms. The monoisotopic (exact) mass is 340 g/mol. The van der Waals surface area contributed by atoms with Crippen LogP contribution in [0.2, 0.25) is 0 Å². The van der Waals surface area contributed by atoms with Gasteiger partial charge in [0, 0.05) is 13.1 Å². The van der Waals surface area contributed by atoms with Gasteiger partial charge in [-0.05, 0) is 30.7 Å². The average Bonchev–Trinajstić information content (AvgIpc) is 2.52. The molecule has 0 saturated heterocycles. The summed E-state index contributed by atoms with van der Waals surface area (Å²) in [5.41, 5.74) is 6.17. The van der Waals surface area contributed by atoms with E-state index in [0.717, 1.165) is 28.1 Å². The van der Waals surface area contributed by atoms with Crippen molar-refractivity contribution in [2.45, 2.75) is 17.9 Å². The minimum absolute atomic E-state index is 0.0247. The van der Waals surface area contributed by atoms with E-state index in [1.807, 2.05) is 0 Å². The Morgan fingerprint density at radius 2 is 1.57 bits per heavy atom. The number of sulfonamides is 1. The van der Waals surface area contributed by atoms with Gasteiger partial charge in [-0.3, -0.25) is 0 Å². The molecule has 0 unspecified atom stereocenters. The largest absolute Gasteiger partial charge is 0.330 e. The Hall–Kier alpha value is -1.83. The third kappa shape index (κ3) is 4.13. The number of halogens is 2. The number of nitrogens with two attached hydrogens (primary N) is 1. The second-order valence-electron chi connectivity index (χ2n) is 5.02. The Kier molecular flexibility index (Phi) is 5.81. The predicted molar refractivity (Wildman–Crippen MR) is 84.1 cm³/mol. The number of rotatable bonds is 7. The summed E-state index contributed by atoms with van der Waals surface area (Å²) in [4.78, 5) is -0.923. The molecule has 23 heavy (non-hydrogen) atoms. The zero-order chi connectivity index (χ0) is 16.9. The van der Waals surface area contributed by atoms with Gasteiger partial charge >= 0.3 is 0 Å². The number of benzene rings is 2. The second-order valence-corrected chi connectivity index (χ2v) is 6.89. The minimum Gasteiger partial charge on any atom is -0.330 e. The molecular formula is C16H18F2N2O2S. The average molecular weight is 340 g/mol. The molecule has 0 amide bonds. The lowest BCUT2D eigenvalue weighted by Crippen LogP contribution is -2.33. The van der Waals surface area contributed by atoms with Gasteiger partial charge in [-0.1, -0.05) is 36.4 Å². The number of hydrogen-bond donors (Lipinski definition) is 1. The highest BCUT2D eigenvalue weighted by molar-refractivity contribution is 7.89. The van der Waals surface area contributed by atoms with Gasteiger partial charge in [-0.2, -0.15) is 4.31 Å². The van der Waals surface area contributed by atoms with Crippen LogP contribution in [0.15, 0.2) is 53.4 Å². The summed E-state index contributed by atoms with van der Waals surface area (Å²) in [7, 11) is -4.31. The van der Waals surface area contributed by atoms with Gasteiger partial charge < -0.3 is 5.73 Å². The van der Waals surface area contributed by atoms with Crippen LogP contribution in [0.25, 0.3) is 0 Å². The molecule has 0 saturated carbocycles. The summed E-state index contributed by atoms with van der Waals surface area (Å²) in [5.74, 6) is -2.20. The summed E-state index contributed by atoms with van der Waals surface area (Å²) < 4.78 is 54.2. The minimum atomic E-state index is -4.31. The van der Waals surface area contributed by atoms with E-state index in [9.17, 15) is 17.2 Å². The molecule has 4 nitrogen and oxygen atoms in total. The highest BCUT2D eigenvalue weighted by atomic mass is 32.2. The van der Waals surface area contributed by atoms with Crippen LogP contribution in [-0.2, 0) is 16.6 Å². The molecule has 0 spiro atoms. The molecular weight excluding hydrogens is 322 g/mol. The molecule has 0 heterocycles. The lowest BCUT2D eigenvalue weighted by atomic mass is 10.2. The van der Waals surface area contributed by atoms with Crippen LogP contribution in [0.4, 0.5) is 8.78 Å². The van der Waals surface area contributed by atoms with Crippen molar-refractivity contribution >= 4 is 10.0 Å². The highest BCUT2D eigenvalue weighted by Crippen LogP contribution is 2.24. The van der Waals surface area contributed by atoms with Crippen molar-refractivity contribution in [1.82, 2.24) is 4.31 Å². The van der Waals surface area contributed by atoms with Crippen molar-refractivity contribution in [3.63, 3.8) is 0 Å². The van der Waals surface area contributed by atoms with Crippen molar-refractivity contribution in [3.05, 3.63) is 65.7 Å². The van der Waals surface area contributed by atoms with Crippen LogP contribution in [0.3, 0.4) is 0 Å². The summed E-state index contributed by atoms with van der Waals surface area (Å²) >= 11 is 0. The third-order valence-corrected chi connectivity index (χ3v) is 5.23. The number of nitrogens with zero attached hydrogens (tertiary/aromatic N) is 1. The third-order valence-electron chi connectivity index (χ3n) is 3.33. The molecule has 0 fully saturated rings. The summed E-state index contributed by atoms with van der Waals surface area (Å²) in [6, 6.07) is 11.8. The Balaban J connectivity index is 2.41. The van der Waals surface area contributed by atoms with E-state index in [-0.39, 0.29) is 19.6 Å². The predicted octanol–water partition coefficient (Wildman–Crippen LogP) is 2.50. The first-order chi connectivity index (χ1) is 11.0. The molecule has 0 aliphatic carbocycles. The van der Waals surface area contributed by atoms with Crippen molar-refractivity contribution in [1.29, 1.82) is 0 Å². The summed E-state index contributed by atoms with van der Waals surface area (Å²) in [6.45, 7) is 0.388. The topological polar surface area (TPSA) is 63.4 Å². The Morgan fingerprint density at radius 1 is 0.957 bits per heavy atom. The van der Waals surface area contributed by atoms with E-state index >= 15 is 0 Å². The molecule has 2 aromatic carbocycles. The smallest absolute Gasteiger partial charge is 0.249 e. The lowest BCUT2D eigenvalue weighted by Gasteiger charge is -2.22. The molecule has 2 N–H and O–H groups in total. The van der Waals surface area contributed by atoms with Gasteiger partial charge in [-0.15, -0.1) is 0 Å². The van der Waals surface area contributed by atoms with Gasteiger partial charge in [0.25, 0.3) is 0 Å². The lowest BCUT2D eigenvalue weighted by molar-refractivity contribution is 0.393. The molecule has 0 atom stereocenters. The maximum atomic E-state index is 13.9. The molecule has 0 radical (unpaired) electrons. The normalized spacial score (nSPS) is 11.8. The zero-order valence-electron chi connectivity index (χ0n) is 12.5. The summed E-state index contributed by atoms with van der Waals surface area (Å²) in [5, 5.41) is 0. The van der Waals surface area contributed by atoms with Crippen molar-refractivity contribution < 1.29 is 17.2 Å². The van der Waals surface area contributed by atoms with E-state index in [1.165, 1.54) is 0 Å². The Morgan fingerprint density at radius 3 is 2.13 bits per heavy atom. The Bertz CT molecular complexity index is 732. The van der Waals surface area contributed by atoms with E-state index < -0.39 is 26.6 Å². The summed E-state index contributed by atoms with van der Waals surface area (Å²) in [6.07, 6.45) is 0.391. The first-order valence-corrected chi connectivity index (χ1v) is 8.59. The van der Waals surface area contributed by atoms with E-state index in [2.05, 4.69) is 0 Å². The number of hydrogen-bond acceptors (Lipinski definition) is 3. The molecule has 124 valence electrons. The SMILES string of the molecule is NCCCN(Cc1ccccc1)S(=O)(=O)c1c(F)cccc1F. The first kappa shape index (κ1) is 17.5. The molecule has 2 aromatic rings. The molecule has 2 rings (SSSR count). The fraction of sp³-hybridized carbons (Fsp3) is 0.250. The van der Waals surface area contributed by atoms with Crippen LogP contribution in [-0.4, -0.2) is 25.8 Å². The highest BCUT2D eigenvalue weighted by Gasteiger charge is 2.30. The van der Waals surface area contributed by atoms with Crippen LogP contribution in [0.5, 0.6) is 0 Å². The van der Waals surface area contributed by atoms with Gasteiger partial charge in [0.2, 0.25) is 10.0 Å². The first-order valence-electron chi connectivity index (χ1n) is 7.15. The quantitative estimate of drug-likeness (QED) is 0.842. The standard InChI is InChI=1S/C16H18F2N2O2S/c17-14-8-4-9-15(18)16(14)23(21,22)20(11-5-10-19)12-13-6-2-1-3-7-13/h1-4,6-9H,5,10-12,19H2. The van der Waals surface area contributed by atoms with E-state index in [1.54, 1.807) is 30.3 Å². The Labute approximate surface area is 134 Å². The molecule has 0 aliphatic rings. The van der Waals surface area contributed by atoms with Crippen LogP contribution >= 0.6 is 0 Å². The van der Waals surface area contributed by atoms with Crippen LogP contribution in [0, 0.1) is 11.6 Å². The van der Waals surface area contributed by atoms with Gasteiger partial charge in [0.05, 0.1) is 0 Å². The maximum Gasteiger partial charge on any atom is 0.249 e. The van der Waals surface area contributed by atoms with Gasteiger partial charge in [-0.25, -0.2) is 17.2 Å². The van der Waals surface area contributed by atoms with Gasteiger partial charge in [0.1, 0.15) is 11.6 Å². The van der Waals surface area contributed by atoms with Crippen molar-refractivity contribution in [3.8, 4) is 0 Å². The molecule has 7 heteroatoms. The second kappa shape index (κ2) is 7.63. The van der Waals surface area contributed by atoms with Gasteiger partial charge in [0.15, 0.2) is 4.90 Å². The van der Waals surface area contributed by atoms with Crippen LogP contribution in [0.1, 0.15) is 12.0 Å². The maximum absolute atomic E-state index is 13.9. The fourth-order valence-electron chi connectivity index (χ4n) is 2.20. The van der Waals surface area contributed by atoms with Crippen molar-refractivity contribution in [2.75, 3.05) is 13.1 Å². The zero-order valence-corrected chi connectivity index (χ0v) is 13.3. The molecule has 0 aliphatic heterocycles. The van der Waals surface area contributed by atoms with E-state index in [0.29, 0.717) is 6.42 Å². The van der Waals surface area contributed by atoms with Crippen LogP contribution < -0.4 is 5.73 Å². The van der Waals surface area contributed by atoms with E-state index in [4.69, 9.17) is 5.73 Å².